The van der Waals surface area contributed by atoms with E-state index in [2.05, 4.69) is 16.5 Å². The number of rotatable bonds is 4. The first-order valence-electron chi connectivity index (χ1n) is 5.16. The van der Waals surface area contributed by atoms with E-state index in [0.717, 1.165) is 0 Å². The normalized spacial score (nSPS) is 10.4. The maximum absolute atomic E-state index is 11.1. The van der Waals surface area contributed by atoms with Gasteiger partial charge in [0.05, 0.1) is 21.1 Å². The molecule has 0 aliphatic heterocycles. The fourth-order valence-electron chi connectivity index (χ4n) is 1.41. The Morgan fingerprint density at radius 2 is 1.89 bits per heavy atom. The Kier molecular flexibility index (Phi) is 3.87. The standard InChI is InChI=1S/C12H8Cl2N2O3/c1-2-3-19-11-10(12(17)18)15-8-4-6(13)7(14)5-9(8)16-11/h2,4-5H,1,3H2,(H,17,18). The van der Waals surface area contributed by atoms with Gasteiger partial charge in [-0.15, -0.1) is 0 Å². The Balaban J connectivity index is 2.65. The van der Waals surface area contributed by atoms with Crippen LogP contribution in [0.4, 0.5) is 0 Å². The zero-order chi connectivity index (χ0) is 14.0. The highest BCUT2D eigenvalue weighted by molar-refractivity contribution is 6.42. The largest absolute Gasteiger partial charge is 0.476 e. The second-order valence-corrected chi connectivity index (χ2v) is 4.35. The number of fused-ring (bicyclic) bond motifs is 1. The van der Waals surface area contributed by atoms with Crippen molar-refractivity contribution in [3.8, 4) is 5.88 Å². The Labute approximate surface area is 118 Å². The molecule has 1 aromatic heterocycles. The molecule has 2 rings (SSSR count). The summed E-state index contributed by atoms with van der Waals surface area (Å²) in [6.45, 7) is 3.61. The predicted molar refractivity (Wildman–Crippen MR) is 72.2 cm³/mol. The van der Waals surface area contributed by atoms with Crippen molar-refractivity contribution < 1.29 is 14.6 Å². The van der Waals surface area contributed by atoms with Gasteiger partial charge in [0.2, 0.25) is 11.6 Å². The molecule has 0 saturated heterocycles. The maximum atomic E-state index is 11.1. The van der Waals surface area contributed by atoms with Crippen LogP contribution in [0.25, 0.3) is 11.0 Å². The Hall–Kier alpha value is -1.85. The molecule has 0 fully saturated rings. The first kappa shape index (κ1) is 13.6. The minimum atomic E-state index is -1.24. The van der Waals surface area contributed by atoms with Gasteiger partial charge in [0, 0.05) is 0 Å². The van der Waals surface area contributed by atoms with Crippen LogP contribution >= 0.6 is 23.2 Å². The molecule has 0 aliphatic rings. The molecule has 0 unspecified atom stereocenters. The monoisotopic (exact) mass is 298 g/mol. The molecule has 0 bridgehead atoms. The van der Waals surface area contributed by atoms with Crippen molar-refractivity contribution in [2.75, 3.05) is 6.61 Å². The molecular weight excluding hydrogens is 291 g/mol. The molecule has 2 aromatic rings. The summed E-state index contributed by atoms with van der Waals surface area (Å²) in [6, 6.07) is 2.95. The lowest BCUT2D eigenvalue weighted by molar-refractivity contribution is 0.0685. The lowest BCUT2D eigenvalue weighted by Gasteiger charge is -2.07. The molecule has 0 amide bonds. The molecule has 0 aliphatic carbocycles. The zero-order valence-corrected chi connectivity index (χ0v) is 11.1. The number of hydrogen-bond donors (Lipinski definition) is 1. The third-order valence-corrected chi connectivity index (χ3v) is 2.94. The van der Waals surface area contributed by atoms with Gasteiger partial charge < -0.3 is 9.84 Å². The van der Waals surface area contributed by atoms with Crippen molar-refractivity contribution in [1.29, 1.82) is 0 Å². The number of halogens is 2. The minimum Gasteiger partial charge on any atom is -0.476 e. The first-order chi connectivity index (χ1) is 9.02. The van der Waals surface area contributed by atoms with Gasteiger partial charge in [0.15, 0.2) is 0 Å². The van der Waals surface area contributed by atoms with E-state index in [1.54, 1.807) is 0 Å². The van der Waals surface area contributed by atoms with Gasteiger partial charge in [-0.3, -0.25) is 0 Å². The average molecular weight is 299 g/mol. The topological polar surface area (TPSA) is 72.3 Å². The number of aromatic nitrogens is 2. The highest BCUT2D eigenvalue weighted by Gasteiger charge is 2.17. The van der Waals surface area contributed by atoms with Crippen LogP contribution in [0.1, 0.15) is 10.5 Å². The van der Waals surface area contributed by atoms with Crippen molar-refractivity contribution in [3.05, 3.63) is 40.5 Å². The molecule has 98 valence electrons. The Bertz CT molecular complexity index is 674. The number of carboxylic acids is 1. The van der Waals surface area contributed by atoms with E-state index < -0.39 is 5.97 Å². The second-order valence-electron chi connectivity index (χ2n) is 3.54. The second kappa shape index (κ2) is 5.42. The van der Waals surface area contributed by atoms with E-state index in [1.165, 1.54) is 18.2 Å². The van der Waals surface area contributed by atoms with Crippen LogP contribution in [-0.2, 0) is 0 Å². The van der Waals surface area contributed by atoms with Crippen molar-refractivity contribution in [3.63, 3.8) is 0 Å². The number of ether oxygens (including phenoxy) is 1. The number of benzene rings is 1. The van der Waals surface area contributed by atoms with E-state index in [-0.39, 0.29) is 23.2 Å². The molecule has 0 atom stereocenters. The van der Waals surface area contributed by atoms with Crippen molar-refractivity contribution in [2.45, 2.75) is 0 Å². The molecule has 5 nitrogen and oxygen atoms in total. The lowest BCUT2D eigenvalue weighted by Crippen LogP contribution is -2.08. The van der Waals surface area contributed by atoms with Gasteiger partial charge in [0.25, 0.3) is 0 Å². The van der Waals surface area contributed by atoms with Crippen LogP contribution < -0.4 is 4.74 Å². The van der Waals surface area contributed by atoms with Gasteiger partial charge >= 0.3 is 5.97 Å². The number of hydrogen-bond acceptors (Lipinski definition) is 4. The smallest absolute Gasteiger partial charge is 0.360 e. The summed E-state index contributed by atoms with van der Waals surface area (Å²) in [5.41, 5.74) is 0.448. The zero-order valence-electron chi connectivity index (χ0n) is 9.56. The summed E-state index contributed by atoms with van der Waals surface area (Å²) in [5.74, 6) is -1.32. The Morgan fingerprint density at radius 1 is 1.32 bits per heavy atom. The number of carboxylic acid groups (broad SMARTS) is 1. The van der Waals surface area contributed by atoms with Gasteiger partial charge in [-0.25, -0.2) is 14.8 Å². The number of nitrogens with zero attached hydrogens (tertiary/aromatic N) is 2. The quantitative estimate of drug-likeness (QED) is 0.878. The number of aromatic carboxylic acids is 1. The first-order valence-corrected chi connectivity index (χ1v) is 5.92. The van der Waals surface area contributed by atoms with Gasteiger partial charge in [0.1, 0.15) is 6.61 Å². The van der Waals surface area contributed by atoms with Gasteiger partial charge in [-0.1, -0.05) is 35.9 Å². The predicted octanol–water partition coefficient (Wildman–Crippen LogP) is 3.20. The van der Waals surface area contributed by atoms with Crippen molar-refractivity contribution in [1.82, 2.24) is 9.97 Å². The molecule has 0 saturated carbocycles. The van der Waals surface area contributed by atoms with E-state index in [1.807, 2.05) is 0 Å². The SMILES string of the molecule is C=CCOc1nc2cc(Cl)c(Cl)cc2nc1C(=O)O. The molecule has 0 radical (unpaired) electrons. The Morgan fingerprint density at radius 3 is 2.42 bits per heavy atom. The summed E-state index contributed by atoms with van der Waals surface area (Å²) in [5, 5.41) is 9.67. The van der Waals surface area contributed by atoms with Crippen LogP contribution in [0.3, 0.4) is 0 Å². The molecule has 0 spiro atoms. The fourth-order valence-corrected chi connectivity index (χ4v) is 1.73. The van der Waals surface area contributed by atoms with Gasteiger partial charge in [-0.2, -0.15) is 0 Å². The summed E-state index contributed by atoms with van der Waals surface area (Å²) >= 11 is 11.7. The molecular formula is C12H8Cl2N2O3. The van der Waals surface area contributed by atoms with Crippen LogP contribution in [0.5, 0.6) is 5.88 Å². The number of carbonyl (C=O) groups is 1. The van der Waals surface area contributed by atoms with E-state index in [0.29, 0.717) is 16.1 Å². The molecule has 1 N–H and O–H groups in total. The van der Waals surface area contributed by atoms with Crippen LogP contribution in [0.15, 0.2) is 24.8 Å². The summed E-state index contributed by atoms with van der Waals surface area (Å²) in [4.78, 5) is 19.2. The van der Waals surface area contributed by atoms with Crippen molar-refractivity contribution in [2.24, 2.45) is 0 Å². The highest BCUT2D eigenvalue weighted by Crippen LogP contribution is 2.28. The van der Waals surface area contributed by atoms with Crippen LogP contribution in [0.2, 0.25) is 10.0 Å². The van der Waals surface area contributed by atoms with Crippen molar-refractivity contribution >= 4 is 40.2 Å². The third kappa shape index (κ3) is 2.77. The molecule has 1 aromatic carbocycles. The molecule has 7 heteroatoms. The third-order valence-electron chi connectivity index (χ3n) is 2.21. The fraction of sp³-hybridized carbons (Fsp3) is 0.0833. The maximum Gasteiger partial charge on any atom is 0.360 e. The van der Waals surface area contributed by atoms with Crippen LogP contribution in [0, 0.1) is 0 Å². The molecule has 1 heterocycles. The van der Waals surface area contributed by atoms with Gasteiger partial charge in [-0.05, 0) is 12.1 Å². The van der Waals surface area contributed by atoms with E-state index in [9.17, 15) is 4.79 Å². The summed E-state index contributed by atoms with van der Waals surface area (Å²) in [7, 11) is 0. The average Bonchev–Trinajstić information content (AvgIpc) is 2.36. The van der Waals surface area contributed by atoms with E-state index in [4.69, 9.17) is 33.0 Å². The minimum absolute atomic E-state index is 0.0849. The van der Waals surface area contributed by atoms with Crippen LogP contribution in [-0.4, -0.2) is 27.7 Å². The summed E-state index contributed by atoms with van der Waals surface area (Å²) in [6.07, 6.45) is 1.48. The molecule has 19 heavy (non-hydrogen) atoms. The highest BCUT2D eigenvalue weighted by atomic mass is 35.5. The lowest BCUT2D eigenvalue weighted by atomic mass is 10.3. The summed E-state index contributed by atoms with van der Waals surface area (Å²) < 4.78 is 5.18. The van der Waals surface area contributed by atoms with E-state index >= 15 is 0 Å².